The third-order valence-electron chi connectivity index (χ3n) is 3.62. The van der Waals surface area contributed by atoms with Gasteiger partial charge in [0.15, 0.2) is 0 Å². The molecule has 0 bridgehead atoms. The average molecular weight is 282 g/mol. The maximum absolute atomic E-state index is 3.62. The molecule has 0 saturated carbocycles. The first-order valence-corrected chi connectivity index (χ1v) is 8.25. The third-order valence-corrected chi connectivity index (χ3v) is 4.48. The summed E-state index contributed by atoms with van der Waals surface area (Å²) >= 11 is 1.85. The highest BCUT2D eigenvalue weighted by atomic mass is 32.1. The summed E-state index contributed by atoms with van der Waals surface area (Å²) in [5.74, 6) is 0.727. The fourth-order valence-electron chi connectivity index (χ4n) is 2.33. The molecule has 0 saturated heterocycles. The van der Waals surface area contributed by atoms with E-state index >= 15 is 0 Å². The van der Waals surface area contributed by atoms with Crippen molar-refractivity contribution in [2.75, 3.05) is 26.7 Å². The first kappa shape index (κ1) is 16.7. The Bertz CT molecular complexity index is 335. The van der Waals surface area contributed by atoms with E-state index in [4.69, 9.17) is 0 Å². The minimum atomic E-state index is 0.362. The van der Waals surface area contributed by atoms with Crippen molar-refractivity contribution in [3.05, 3.63) is 22.4 Å². The molecule has 1 atom stereocenters. The van der Waals surface area contributed by atoms with Crippen molar-refractivity contribution < 1.29 is 0 Å². The van der Waals surface area contributed by atoms with Crippen molar-refractivity contribution in [1.29, 1.82) is 0 Å². The largest absolute Gasteiger partial charge is 0.316 e. The second-order valence-corrected chi connectivity index (χ2v) is 7.47. The summed E-state index contributed by atoms with van der Waals surface area (Å²) in [7, 11) is 2.23. The van der Waals surface area contributed by atoms with Gasteiger partial charge in [-0.15, -0.1) is 11.3 Å². The van der Waals surface area contributed by atoms with Crippen LogP contribution in [0.25, 0.3) is 0 Å². The zero-order valence-corrected chi connectivity index (χ0v) is 14.0. The zero-order chi connectivity index (χ0) is 14.3. The summed E-state index contributed by atoms with van der Waals surface area (Å²) in [4.78, 5) is 3.91. The van der Waals surface area contributed by atoms with Crippen LogP contribution in [0.15, 0.2) is 17.5 Å². The molecule has 1 rings (SSSR count). The molecule has 2 nitrogen and oxygen atoms in total. The van der Waals surface area contributed by atoms with Gasteiger partial charge in [-0.2, -0.15) is 0 Å². The van der Waals surface area contributed by atoms with E-state index in [1.165, 1.54) is 11.3 Å². The predicted molar refractivity (Wildman–Crippen MR) is 86.8 cm³/mol. The maximum atomic E-state index is 3.62. The molecule has 0 fully saturated rings. The quantitative estimate of drug-likeness (QED) is 0.740. The molecule has 0 aliphatic rings. The Balaban J connectivity index is 2.40. The van der Waals surface area contributed by atoms with Crippen LogP contribution in [0, 0.1) is 11.3 Å². The summed E-state index contributed by atoms with van der Waals surface area (Å²) in [5.41, 5.74) is 0.362. The highest BCUT2D eigenvalue weighted by Gasteiger charge is 2.23. The lowest BCUT2D eigenvalue weighted by molar-refractivity contribution is 0.175. The molecule has 1 unspecified atom stereocenters. The van der Waals surface area contributed by atoms with Crippen molar-refractivity contribution in [1.82, 2.24) is 10.2 Å². The van der Waals surface area contributed by atoms with Crippen molar-refractivity contribution in [3.8, 4) is 0 Å². The highest BCUT2D eigenvalue weighted by Crippen LogP contribution is 2.22. The van der Waals surface area contributed by atoms with E-state index in [0.717, 1.165) is 32.1 Å². The molecule has 3 heteroatoms. The van der Waals surface area contributed by atoms with Crippen LogP contribution in [0.4, 0.5) is 0 Å². The Morgan fingerprint density at radius 2 is 2.16 bits per heavy atom. The number of thiophene rings is 1. The predicted octanol–water partition coefficient (Wildman–Crippen LogP) is 3.84. The van der Waals surface area contributed by atoms with Gasteiger partial charge in [-0.3, -0.25) is 0 Å². The standard InChI is InChI=1S/C16H30N2S/c1-6-16(4,12-17-10-14(2)3)13-18(5)11-15-8-7-9-19-15/h7-9,14,17H,6,10-13H2,1-5H3. The molecule has 0 spiro atoms. The molecule has 0 amide bonds. The molecule has 0 aromatic carbocycles. The number of rotatable bonds is 9. The van der Waals surface area contributed by atoms with Crippen molar-refractivity contribution >= 4 is 11.3 Å². The molecule has 19 heavy (non-hydrogen) atoms. The van der Waals surface area contributed by atoms with Gasteiger partial charge in [-0.25, -0.2) is 0 Å². The topological polar surface area (TPSA) is 15.3 Å². The van der Waals surface area contributed by atoms with Crippen molar-refractivity contribution in [2.24, 2.45) is 11.3 Å². The van der Waals surface area contributed by atoms with Gasteiger partial charge in [-0.1, -0.05) is 33.8 Å². The fourth-order valence-corrected chi connectivity index (χ4v) is 3.12. The van der Waals surface area contributed by atoms with Crippen LogP contribution < -0.4 is 5.32 Å². The molecule has 1 aromatic heterocycles. The molecule has 0 aliphatic carbocycles. The summed E-state index contributed by atoms with van der Waals surface area (Å²) in [5, 5.41) is 5.78. The molecule has 1 N–H and O–H groups in total. The zero-order valence-electron chi connectivity index (χ0n) is 13.2. The van der Waals surface area contributed by atoms with E-state index in [0.29, 0.717) is 5.41 Å². The number of nitrogens with zero attached hydrogens (tertiary/aromatic N) is 1. The lowest BCUT2D eigenvalue weighted by Gasteiger charge is -2.33. The monoisotopic (exact) mass is 282 g/mol. The number of hydrogen-bond acceptors (Lipinski definition) is 3. The van der Waals surface area contributed by atoms with Gasteiger partial charge in [0, 0.05) is 24.5 Å². The van der Waals surface area contributed by atoms with Gasteiger partial charge in [0.25, 0.3) is 0 Å². The number of hydrogen-bond donors (Lipinski definition) is 1. The van der Waals surface area contributed by atoms with E-state index in [9.17, 15) is 0 Å². The van der Waals surface area contributed by atoms with E-state index in [1.807, 2.05) is 11.3 Å². The molecular formula is C16H30N2S. The van der Waals surface area contributed by atoms with Crippen LogP contribution in [-0.2, 0) is 6.54 Å². The van der Waals surface area contributed by atoms with Gasteiger partial charge in [0.2, 0.25) is 0 Å². The lowest BCUT2D eigenvalue weighted by Crippen LogP contribution is -2.41. The molecule has 1 heterocycles. The van der Waals surface area contributed by atoms with Crippen LogP contribution >= 0.6 is 11.3 Å². The first-order chi connectivity index (χ1) is 8.95. The smallest absolute Gasteiger partial charge is 0.0325 e. The second-order valence-electron chi connectivity index (χ2n) is 6.44. The van der Waals surface area contributed by atoms with Gasteiger partial charge in [0.05, 0.1) is 0 Å². The van der Waals surface area contributed by atoms with Crippen LogP contribution in [0.5, 0.6) is 0 Å². The Morgan fingerprint density at radius 3 is 2.68 bits per heavy atom. The van der Waals surface area contributed by atoms with Gasteiger partial charge in [-0.05, 0) is 42.8 Å². The van der Waals surface area contributed by atoms with Crippen LogP contribution in [-0.4, -0.2) is 31.6 Å². The average Bonchev–Trinajstić information content (AvgIpc) is 2.81. The first-order valence-electron chi connectivity index (χ1n) is 7.37. The Hall–Kier alpha value is -0.380. The van der Waals surface area contributed by atoms with Crippen LogP contribution in [0.3, 0.4) is 0 Å². The third kappa shape index (κ3) is 6.55. The van der Waals surface area contributed by atoms with Gasteiger partial charge in [0.1, 0.15) is 0 Å². The Morgan fingerprint density at radius 1 is 1.42 bits per heavy atom. The van der Waals surface area contributed by atoms with E-state index in [2.05, 4.69) is 62.5 Å². The summed E-state index contributed by atoms with van der Waals surface area (Å²) in [6.07, 6.45) is 1.22. The van der Waals surface area contributed by atoms with Crippen LogP contribution in [0.1, 0.15) is 39.0 Å². The normalized spacial score (nSPS) is 15.1. The van der Waals surface area contributed by atoms with Crippen molar-refractivity contribution in [3.63, 3.8) is 0 Å². The highest BCUT2D eigenvalue weighted by molar-refractivity contribution is 7.09. The molecule has 110 valence electrons. The van der Waals surface area contributed by atoms with Crippen molar-refractivity contribution in [2.45, 2.75) is 40.7 Å². The van der Waals surface area contributed by atoms with E-state index in [-0.39, 0.29) is 0 Å². The molecular weight excluding hydrogens is 252 g/mol. The lowest BCUT2D eigenvalue weighted by atomic mass is 9.86. The van der Waals surface area contributed by atoms with Crippen LogP contribution in [0.2, 0.25) is 0 Å². The minimum absolute atomic E-state index is 0.362. The summed E-state index contributed by atoms with van der Waals surface area (Å²) < 4.78 is 0. The summed E-state index contributed by atoms with van der Waals surface area (Å²) in [6.45, 7) is 13.7. The SMILES string of the molecule is CCC(C)(CNCC(C)C)CN(C)Cc1cccs1. The maximum Gasteiger partial charge on any atom is 0.0325 e. The van der Waals surface area contributed by atoms with E-state index in [1.54, 1.807) is 0 Å². The Kier molecular flexibility index (Phi) is 7.05. The minimum Gasteiger partial charge on any atom is -0.316 e. The molecule has 0 aliphatic heterocycles. The van der Waals surface area contributed by atoms with E-state index < -0.39 is 0 Å². The van der Waals surface area contributed by atoms with Gasteiger partial charge < -0.3 is 10.2 Å². The van der Waals surface area contributed by atoms with Gasteiger partial charge >= 0.3 is 0 Å². The number of nitrogens with one attached hydrogen (secondary N) is 1. The fraction of sp³-hybridized carbons (Fsp3) is 0.750. The Labute approximate surface area is 123 Å². The molecule has 1 aromatic rings. The second kappa shape index (κ2) is 8.03. The summed E-state index contributed by atoms with van der Waals surface area (Å²) in [6, 6.07) is 4.36. The molecule has 0 radical (unpaired) electrons.